The maximum atomic E-state index is 5.41. The Morgan fingerprint density at radius 3 is 2.83 bits per heavy atom. The number of thioether (sulfide) groups is 1. The highest BCUT2D eigenvalue weighted by Gasteiger charge is 2.24. The summed E-state index contributed by atoms with van der Waals surface area (Å²) in [6.45, 7) is 1.93. The van der Waals surface area contributed by atoms with Crippen molar-refractivity contribution in [2.24, 2.45) is 5.92 Å². The summed E-state index contributed by atoms with van der Waals surface area (Å²) in [4.78, 5) is 8.95. The lowest BCUT2D eigenvalue weighted by Crippen LogP contribution is -1.98. The van der Waals surface area contributed by atoms with Crippen LogP contribution in [0, 0.1) is 12.8 Å². The largest absolute Gasteiger partial charge is 0.360 e. The predicted octanol–water partition coefficient (Wildman–Crippen LogP) is 4.69. The van der Waals surface area contributed by atoms with Crippen LogP contribution in [-0.2, 0) is 0 Å². The first kappa shape index (κ1) is 15.2. The van der Waals surface area contributed by atoms with E-state index >= 15 is 0 Å². The SMILES string of the molecule is Cc1onc(SCC2CC2)c1-c1ccnc(Nc2ccccc2)n1. The van der Waals surface area contributed by atoms with E-state index in [0.717, 1.165) is 39.4 Å². The quantitative estimate of drug-likeness (QED) is 0.658. The number of benzene rings is 1. The van der Waals surface area contributed by atoms with Gasteiger partial charge in [0.05, 0.1) is 11.3 Å². The van der Waals surface area contributed by atoms with E-state index in [-0.39, 0.29) is 0 Å². The second-order valence-electron chi connectivity index (χ2n) is 5.93. The Kier molecular flexibility index (Phi) is 4.21. The molecule has 1 N–H and O–H groups in total. The molecule has 24 heavy (non-hydrogen) atoms. The van der Waals surface area contributed by atoms with Crippen LogP contribution in [0.2, 0.25) is 0 Å². The van der Waals surface area contributed by atoms with Crippen molar-refractivity contribution in [3.05, 3.63) is 48.4 Å². The van der Waals surface area contributed by atoms with Crippen molar-refractivity contribution in [2.45, 2.75) is 24.8 Å². The zero-order valence-electron chi connectivity index (χ0n) is 13.4. The van der Waals surface area contributed by atoms with Crippen molar-refractivity contribution in [2.75, 3.05) is 11.1 Å². The van der Waals surface area contributed by atoms with Crippen LogP contribution in [0.3, 0.4) is 0 Å². The van der Waals surface area contributed by atoms with Crippen molar-refractivity contribution < 1.29 is 4.52 Å². The summed E-state index contributed by atoms with van der Waals surface area (Å²) in [5.41, 5.74) is 2.76. The molecule has 0 bridgehead atoms. The minimum atomic E-state index is 0.567. The highest BCUT2D eigenvalue weighted by molar-refractivity contribution is 7.99. The van der Waals surface area contributed by atoms with Crippen LogP contribution in [0.5, 0.6) is 0 Å². The summed E-state index contributed by atoms with van der Waals surface area (Å²) in [5.74, 6) is 3.29. The zero-order chi connectivity index (χ0) is 16.4. The van der Waals surface area contributed by atoms with E-state index < -0.39 is 0 Å². The second-order valence-corrected chi connectivity index (χ2v) is 6.94. The Labute approximate surface area is 144 Å². The molecule has 2 aromatic heterocycles. The number of aromatic nitrogens is 3. The summed E-state index contributed by atoms with van der Waals surface area (Å²) in [6, 6.07) is 11.8. The van der Waals surface area contributed by atoms with Gasteiger partial charge in [-0.3, -0.25) is 0 Å². The van der Waals surface area contributed by atoms with Gasteiger partial charge in [0, 0.05) is 17.6 Å². The molecule has 1 saturated carbocycles. The molecule has 1 aliphatic carbocycles. The minimum absolute atomic E-state index is 0.567. The first-order valence-electron chi connectivity index (χ1n) is 8.04. The molecule has 0 saturated heterocycles. The highest BCUT2D eigenvalue weighted by Crippen LogP contribution is 2.39. The number of anilines is 2. The molecule has 2 heterocycles. The van der Waals surface area contributed by atoms with Crippen LogP contribution in [0.4, 0.5) is 11.6 Å². The third kappa shape index (κ3) is 3.43. The molecule has 1 fully saturated rings. The van der Waals surface area contributed by atoms with Crippen LogP contribution in [0.1, 0.15) is 18.6 Å². The van der Waals surface area contributed by atoms with Crippen LogP contribution in [-0.4, -0.2) is 20.9 Å². The van der Waals surface area contributed by atoms with E-state index in [4.69, 9.17) is 4.52 Å². The van der Waals surface area contributed by atoms with Crippen LogP contribution in [0.25, 0.3) is 11.3 Å². The summed E-state index contributed by atoms with van der Waals surface area (Å²) in [6.07, 6.45) is 4.42. The number of aryl methyl sites for hydroxylation is 1. The maximum Gasteiger partial charge on any atom is 0.227 e. The zero-order valence-corrected chi connectivity index (χ0v) is 14.2. The molecule has 5 nitrogen and oxygen atoms in total. The summed E-state index contributed by atoms with van der Waals surface area (Å²) < 4.78 is 5.41. The Morgan fingerprint density at radius 2 is 2.04 bits per heavy atom. The number of rotatable bonds is 6. The predicted molar refractivity (Wildman–Crippen MR) is 95.4 cm³/mol. The molecule has 0 radical (unpaired) electrons. The molecular weight excluding hydrogens is 320 g/mol. The average molecular weight is 338 g/mol. The van der Waals surface area contributed by atoms with E-state index in [9.17, 15) is 0 Å². The normalized spacial score (nSPS) is 13.9. The average Bonchev–Trinajstić information content (AvgIpc) is 3.36. The summed E-state index contributed by atoms with van der Waals surface area (Å²) in [5, 5.41) is 8.36. The van der Waals surface area contributed by atoms with E-state index in [1.54, 1.807) is 18.0 Å². The number of hydrogen-bond acceptors (Lipinski definition) is 6. The fourth-order valence-corrected chi connectivity index (χ4v) is 3.64. The second kappa shape index (κ2) is 6.65. The molecule has 1 aliphatic rings. The molecule has 6 heteroatoms. The Balaban J connectivity index is 1.59. The fourth-order valence-electron chi connectivity index (χ4n) is 2.43. The standard InChI is InChI=1S/C18H18N4OS/c1-12-16(17(22-23-12)24-11-13-7-8-13)15-9-10-19-18(21-15)20-14-5-3-2-4-6-14/h2-6,9-10,13H,7-8,11H2,1H3,(H,19,20,21). The highest BCUT2D eigenvalue weighted by atomic mass is 32.2. The van der Waals surface area contributed by atoms with Gasteiger partial charge >= 0.3 is 0 Å². The van der Waals surface area contributed by atoms with Crippen molar-refractivity contribution in [3.63, 3.8) is 0 Å². The van der Waals surface area contributed by atoms with E-state index in [0.29, 0.717) is 5.95 Å². The molecule has 0 unspecified atom stereocenters. The van der Waals surface area contributed by atoms with Crippen molar-refractivity contribution in [3.8, 4) is 11.3 Å². The van der Waals surface area contributed by atoms with Crippen molar-refractivity contribution >= 4 is 23.4 Å². The third-order valence-corrected chi connectivity index (χ3v) is 5.12. The van der Waals surface area contributed by atoms with Crippen LogP contribution >= 0.6 is 11.8 Å². The fraction of sp³-hybridized carbons (Fsp3) is 0.278. The van der Waals surface area contributed by atoms with Gasteiger partial charge in [-0.15, -0.1) is 11.8 Å². The molecule has 4 rings (SSSR count). The lowest BCUT2D eigenvalue weighted by atomic mass is 10.2. The van der Waals surface area contributed by atoms with Gasteiger partial charge in [-0.1, -0.05) is 23.4 Å². The molecule has 3 aromatic rings. The molecular formula is C18H18N4OS. The molecule has 0 spiro atoms. The van der Waals surface area contributed by atoms with E-state index in [1.165, 1.54) is 12.8 Å². The molecule has 1 aromatic carbocycles. The minimum Gasteiger partial charge on any atom is -0.360 e. The van der Waals surface area contributed by atoms with Gasteiger partial charge in [-0.2, -0.15) is 0 Å². The van der Waals surface area contributed by atoms with Gasteiger partial charge in [0.15, 0.2) is 0 Å². The van der Waals surface area contributed by atoms with Crippen molar-refractivity contribution in [1.82, 2.24) is 15.1 Å². The topological polar surface area (TPSA) is 63.8 Å². The summed E-state index contributed by atoms with van der Waals surface area (Å²) >= 11 is 1.76. The molecule has 122 valence electrons. The van der Waals surface area contributed by atoms with Gasteiger partial charge in [-0.05, 0) is 43.9 Å². The number of nitrogens with one attached hydrogen (secondary N) is 1. The monoisotopic (exact) mass is 338 g/mol. The molecule has 0 atom stereocenters. The maximum absolute atomic E-state index is 5.41. The van der Waals surface area contributed by atoms with E-state index in [1.807, 2.05) is 43.3 Å². The smallest absolute Gasteiger partial charge is 0.227 e. The molecule has 0 aliphatic heterocycles. The Hall–Kier alpha value is -2.34. The van der Waals surface area contributed by atoms with Gasteiger partial charge in [0.25, 0.3) is 0 Å². The van der Waals surface area contributed by atoms with Gasteiger partial charge in [-0.25, -0.2) is 9.97 Å². The van der Waals surface area contributed by atoms with Crippen molar-refractivity contribution in [1.29, 1.82) is 0 Å². The third-order valence-electron chi connectivity index (χ3n) is 3.93. The lowest BCUT2D eigenvalue weighted by Gasteiger charge is -2.06. The van der Waals surface area contributed by atoms with Crippen LogP contribution < -0.4 is 5.32 Å². The Bertz CT molecular complexity index is 830. The molecule has 0 amide bonds. The lowest BCUT2D eigenvalue weighted by molar-refractivity contribution is 0.384. The first-order valence-corrected chi connectivity index (χ1v) is 9.03. The first-order chi connectivity index (χ1) is 11.8. The van der Waals surface area contributed by atoms with Crippen LogP contribution in [0.15, 0.2) is 52.1 Å². The number of para-hydroxylation sites is 1. The van der Waals surface area contributed by atoms with Gasteiger partial charge in [0.2, 0.25) is 5.95 Å². The van der Waals surface area contributed by atoms with Gasteiger partial charge < -0.3 is 9.84 Å². The number of nitrogens with zero attached hydrogens (tertiary/aromatic N) is 3. The Morgan fingerprint density at radius 1 is 1.21 bits per heavy atom. The van der Waals surface area contributed by atoms with Gasteiger partial charge in [0.1, 0.15) is 10.8 Å². The summed E-state index contributed by atoms with van der Waals surface area (Å²) in [7, 11) is 0. The van der Waals surface area contributed by atoms with E-state index in [2.05, 4.69) is 20.4 Å². The number of hydrogen-bond donors (Lipinski definition) is 1.